The van der Waals surface area contributed by atoms with E-state index in [1.165, 1.54) is 16.7 Å². The van der Waals surface area contributed by atoms with E-state index in [9.17, 15) is 4.79 Å². The third kappa shape index (κ3) is 2.77. The Morgan fingerprint density at radius 1 is 1.14 bits per heavy atom. The van der Waals surface area contributed by atoms with E-state index in [0.29, 0.717) is 13.0 Å². The second-order valence-corrected chi connectivity index (χ2v) is 6.02. The molecule has 0 spiro atoms. The molecule has 0 fully saturated rings. The number of amides is 1. The standard InChI is InChI=1S/C19H22N2O/c1-3-18(22)21-11-16-8-7-15(10-17(16)12-21)19(20)14-6-4-5-13(2)9-14/h4-10,19H,3,11-12,20H2,1-2H3. The second-order valence-electron chi connectivity index (χ2n) is 6.02. The number of hydrogen-bond donors (Lipinski definition) is 1. The zero-order valence-corrected chi connectivity index (χ0v) is 13.2. The highest BCUT2D eigenvalue weighted by atomic mass is 16.2. The van der Waals surface area contributed by atoms with Crippen molar-refractivity contribution < 1.29 is 4.79 Å². The van der Waals surface area contributed by atoms with Crippen LogP contribution in [0, 0.1) is 6.92 Å². The van der Waals surface area contributed by atoms with Crippen molar-refractivity contribution in [2.75, 3.05) is 0 Å². The molecule has 22 heavy (non-hydrogen) atoms. The Labute approximate surface area is 131 Å². The van der Waals surface area contributed by atoms with Crippen molar-refractivity contribution in [1.82, 2.24) is 4.90 Å². The molecule has 1 aliphatic rings. The molecule has 1 unspecified atom stereocenters. The SMILES string of the molecule is CCC(=O)N1Cc2ccc(C(N)c3cccc(C)c3)cc2C1. The van der Waals surface area contributed by atoms with Crippen LogP contribution in [0.1, 0.15) is 47.2 Å². The number of nitrogens with zero attached hydrogens (tertiary/aromatic N) is 1. The third-order valence-corrected chi connectivity index (χ3v) is 4.37. The second kappa shape index (κ2) is 5.93. The monoisotopic (exact) mass is 294 g/mol. The van der Waals surface area contributed by atoms with Crippen LogP contribution in [0.25, 0.3) is 0 Å². The molecule has 1 aliphatic heterocycles. The molecule has 0 saturated heterocycles. The van der Waals surface area contributed by atoms with Crippen molar-refractivity contribution in [3.8, 4) is 0 Å². The molecule has 1 amide bonds. The van der Waals surface area contributed by atoms with Gasteiger partial charge in [0.05, 0.1) is 6.04 Å². The summed E-state index contributed by atoms with van der Waals surface area (Å²) in [4.78, 5) is 13.8. The number of fused-ring (bicyclic) bond motifs is 1. The van der Waals surface area contributed by atoms with Gasteiger partial charge in [0.15, 0.2) is 0 Å². The maximum Gasteiger partial charge on any atom is 0.222 e. The van der Waals surface area contributed by atoms with Gasteiger partial charge in [-0.25, -0.2) is 0 Å². The molecule has 0 aliphatic carbocycles. The molecule has 1 heterocycles. The van der Waals surface area contributed by atoms with E-state index in [1.54, 1.807) is 0 Å². The smallest absolute Gasteiger partial charge is 0.222 e. The lowest BCUT2D eigenvalue weighted by atomic mass is 9.95. The Bertz CT molecular complexity index is 708. The first kappa shape index (κ1) is 14.8. The van der Waals surface area contributed by atoms with E-state index in [2.05, 4.69) is 43.3 Å². The van der Waals surface area contributed by atoms with Gasteiger partial charge in [0.2, 0.25) is 5.91 Å². The molecule has 3 nitrogen and oxygen atoms in total. The minimum atomic E-state index is -0.124. The molecule has 1 atom stereocenters. The zero-order chi connectivity index (χ0) is 15.7. The lowest BCUT2D eigenvalue weighted by Crippen LogP contribution is -2.23. The first-order chi connectivity index (χ1) is 10.6. The highest BCUT2D eigenvalue weighted by Crippen LogP contribution is 2.28. The predicted octanol–water partition coefficient (Wildman–Crippen LogP) is 3.30. The summed E-state index contributed by atoms with van der Waals surface area (Å²) in [5.41, 5.74) is 12.3. The molecule has 0 saturated carbocycles. The van der Waals surface area contributed by atoms with Gasteiger partial charge in [-0.1, -0.05) is 55.0 Å². The molecule has 2 aromatic carbocycles. The number of rotatable bonds is 3. The van der Waals surface area contributed by atoms with Gasteiger partial charge >= 0.3 is 0 Å². The van der Waals surface area contributed by atoms with Crippen molar-refractivity contribution in [3.05, 3.63) is 70.3 Å². The van der Waals surface area contributed by atoms with Crippen molar-refractivity contribution in [2.45, 2.75) is 39.4 Å². The average Bonchev–Trinajstić information content (AvgIpc) is 2.96. The summed E-state index contributed by atoms with van der Waals surface area (Å²) in [6.45, 7) is 5.41. The van der Waals surface area contributed by atoms with Gasteiger partial charge in [-0.2, -0.15) is 0 Å². The molecular formula is C19H22N2O. The highest BCUT2D eigenvalue weighted by Gasteiger charge is 2.23. The normalized spacial score (nSPS) is 14.8. The van der Waals surface area contributed by atoms with Gasteiger partial charge in [0, 0.05) is 19.5 Å². The van der Waals surface area contributed by atoms with Crippen LogP contribution in [0.15, 0.2) is 42.5 Å². The quantitative estimate of drug-likeness (QED) is 0.944. The Morgan fingerprint density at radius 3 is 2.59 bits per heavy atom. The summed E-state index contributed by atoms with van der Waals surface area (Å²) in [6, 6.07) is 14.6. The first-order valence-electron chi connectivity index (χ1n) is 7.80. The van der Waals surface area contributed by atoms with Crippen LogP contribution < -0.4 is 5.73 Å². The zero-order valence-electron chi connectivity index (χ0n) is 13.2. The van der Waals surface area contributed by atoms with Gasteiger partial charge in [-0.15, -0.1) is 0 Å². The Hall–Kier alpha value is -2.13. The minimum Gasteiger partial charge on any atom is -0.334 e. The van der Waals surface area contributed by atoms with Gasteiger partial charge in [0.1, 0.15) is 0 Å². The number of aryl methyl sites for hydroxylation is 1. The van der Waals surface area contributed by atoms with Crippen molar-refractivity contribution >= 4 is 5.91 Å². The minimum absolute atomic E-state index is 0.124. The highest BCUT2D eigenvalue weighted by molar-refractivity contribution is 5.76. The lowest BCUT2D eigenvalue weighted by molar-refractivity contribution is -0.131. The maximum absolute atomic E-state index is 11.9. The fraction of sp³-hybridized carbons (Fsp3) is 0.316. The van der Waals surface area contributed by atoms with Crippen LogP contribution in [0.4, 0.5) is 0 Å². The fourth-order valence-electron chi connectivity index (χ4n) is 3.06. The number of hydrogen-bond acceptors (Lipinski definition) is 2. The maximum atomic E-state index is 11.9. The number of carbonyl (C=O) groups is 1. The number of benzene rings is 2. The van der Waals surface area contributed by atoms with E-state index in [1.807, 2.05) is 17.9 Å². The van der Waals surface area contributed by atoms with Crippen molar-refractivity contribution in [1.29, 1.82) is 0 Å². The van der Waals surface area contributed by atoms with Crippen molar-refractivity contribution in [3.63, 3.8) is 0 Å². The number of carbonyl (C=O) groups excluding carboxylic acids is 1. The van der Waals surface area contributed by atoms with E-state index in [0.717, 1.165) is 17.7 Å². The molecule has 0 bridgehead atoms. The van der Waals surface area contributed by atoms with E-state index in [-0.39, 0.29) is 11.9 Å². The topological polar surface area (TPSA) is 46.3 Å². The van der Waals surface area contributed by atoms with Crippen LogP contribution in [0.5, 0.6) is 0 Å². The largest absolute Gasteiger partial charge is 0.334 e. The molecule has 3 rings (SSSR count). The van der Waals surface area contributed by atoms with Gasteiger partial charge < -0.3 is 10.6 Å². The summed E-state index contributed by atoms with van der Waals surface area (Å²) in [7, 11) is 0. The Kier molecular flexibility index (Phi) is 3.99. The molecular weight excluding hydrogens is 272 g/mol. The van der Waals surface area contributed by atoms with Crippen LogP contribution in [-0.4, -0.2) is 10.8 Å². The van der Waals surface area contributed by atoms with E-state index >= 15 is 0 Å². The molecule has 2 N–H and O–H groups in total. The predicted molar refractivity (Wildman–Crippen MR) is 88.2 cm³/mol. The molecule has 0 radical (unpaired) electrons. The fourth-order valence-corrected chi connectivity index (χ4v) is 3.06. The van der Waals surface area contributed by atoms with Crippen LogP contribution in [0.2, 0.25) is 0 Å². The summed E-state index contributed by atoms with van der Waals surface area (Å²) in [5, 5.41) is 0. The van der Waals surface area contributed by atoms with Crippen LogP contribution >= 0.6 is 0 Å². The molecule has 0 aromatic heterocycles. The first-order valence-corrected chi connectivity index (χ1v) is 7.80. The van der Waals surface area contributed by atoms with E-state index in [4.69, 9.17) is 5.73 Å². The van der Waals surface area contributed by atoms with E-state index < -0.39 is 0 Å². The lowest BCUT2D eigenvalue weighted by Gasteiger charge is -2.14. The summed E-state index contributed by atoms with van der Waals surface area (Å²) >= 11 is 0. The molecule has 114 valence electrons. The molecule has 2 aromatic rings. The number of nitrogens with two attached hydrogens (primary N) is 1. The Morgan fingerprint density at radius 2 is 1.86 bits per heavy atom. The van der Waals surface area contributed by atoms with Gasteiger partial charge in [0.25, 0.3) is 0 Å². The third-order valence-electron chi connectivity index (χ3n) is 4.37. The Balaban J connectivity index is 1.85. The van der Waals surface area contributed by atoms with Gasteiger partial charge in [-0.05, 0) is 29.2 Å². The molecule has 3 heteroatoms. The van der Waals surface area contributed by atoms with Crippen LogP contribution in [-0.2, 0) is 17.9 Å². The summed E-state index contributed by atoms with van der Waals surface area (Å²) < 4.78 is 0. The van der Waals surface area contributed by atoms with Crippen molar-refractivity contribution in [2.24, 2.45) is 5.73 Å². The van der Waals surface area contributed by atoms with Gasteiger partial charge in [-0.3, -0.25) is 4.79 Å². The summed E-state index contributed by atoms with van der Waals surface area (Å²) in [5.74, 6) is 0.209. The summed E-state index contributed by atoms with van der Waals surface area (Å²) in [6.07, 6.45) is 0.559. The average molecular weight is 294 g/mol. The van der Waals surface area contributed by atoms with Crippen LogP contribution in [0.3, 0.4) is 0 Å².